The number of guanidine groups is 1. The SMILES string of the molecule is CN=C(NCCOCc1ccccc1)Nc1ccc(OC)c(OC)c1. The Hall–Kier alpha value is -2.73. The molecule has 0 bridgehead atoms. The molecule has 0 fully saturated rings. The number of hydrogen-bond acceptors (Lipinski definition) is 4. The van der Waals surface area contributed by atoms with Gasteiger partial charge in [0.1, 0.15) is 0 Å². The quantitative estimate of drug-likeness (QED) is 0.438. The fourth-order valence-electron chi connectivity index (χ4n) is 2.24. The molecule has 134 valence electrons. The van der Waals surface area contributed by atoms with Crippen LogP contribution in [0.25, 0.3) is 0 Å². The number of benzene rings is 2. The zero-order chi connectivity index (χ0) is 17.9. The lowest BCUT2D eigenvalue weighted by Gasteiger charge is -2.14. The van der Waals surface area contributed by atoms with E-state index in [1.165, 1.54) is 0 Å². The van der Waals surface area contributed by atoms with Crippen LogP contribution >= 0.6 is 0 Å². The van der Waals surface area contributed by atoms with Gasteiger partial charge in [0.2, 0.25) is 0 Å². The fourth-order valence-corrected chi connectivity index (χ4v) is 2.24. The van der Waals surface area contributed by atoms with E-state index < -0.39 is 0 Å². The molecule has 2 rings (SSSR count). The van der Waals surface area contributed by atoms with Crippen molar-refractivity contribution in [1.82, 2.24) is 5.32 Å². The summed E-state index contributed by atoms with van der Waals surface area (Å²) in [6, 6.07) is 15.7. The molecule has 0 aliphatic rings. The molecule has 0 aliphatic heterocycles. The molecule has 0 amide bonds. The van der Waals surface area contributed by atoms with E-state index >= 15 is 0 Å². The molecule has 0 heterocycles. The van der Waals surface area contributed by atoms with E-state index in [0.717, 1.165) is 11.3 Å². The highest BCUT2D eigenvalue weighted by Crippen LogP contribution is 2.29. The second kappa shape index (κ2) is 10.2. The lowest BCUT2D eigenvalue weighted by molar-refractivity contribution is 0.125. The van der Waals surface area contributed by atoms with E-state index in [2.05, 4.69) is 15.6 Å². The molecular weight excluding hydrogens is 318 g/mol. The molecule has 0 aromatic heterocycles. The van der Waals surface area contributed by atoms with Gasteiger partial charge in [-0.05, 0) is 17.7 Å². The molecule has 0 spiro atoms. The zero-order valence-corrected chi connectivity index (χ0v) is 14.9. The molecule has 0 atom stereocenters. The van der Waals surface area contributed by atoms with Gasteiger partial charge in [-0.25, -0.2) is 0 Å². The summed E-state index contributed by atoms with van der Waals surface area (Å²) in [5, 5.41) is 6.42. The summed E-state index contributed by atoms with van der Waals surface area (Å²) in [4.78, 5) is 4.20. The molecule has 0 radical (unpaired) electrons. The van der Waals surface area contributed by atoms with Crippen LogP contribution in [0, 0.1) is 0 Å². The van der Waals surface area contributed by atoms with Crippen LogP contribution in [0.2, 0.25) is 0 Å². The topological polar surface area (TPSA) is 64.1 Å². The van der Waals surface area contributed by atoms with Gasteiger partial charge in [-0.3, -0.25) is 4.99 Å². The maximum Gasteiger partial charge on any atom is 0.195 e. The van der Waals surface area contributed by atoms with Crippen molar-refractivity contribution >= 4 is 11.6 Å². The summed E-state index contributed by atoms with van der Waals surface area (Å²) in [7, 11) is 4.95. The van der Waals surface area contributed by atoms with Crippen LogP contribution in [-0.4, -0.2) is 40.4 Å². The molecule has 25 heavy (non-hydrogen) atoms. The largest absolute Gasteiger partial charge is 0.493 e. The van der Waals surface area contributed by atoms with Crippen LogP contribution in [0.15, 0.2) is 53.5 Å². The van der Waals surface area contributed by atoms with Crippen LogP contribution in [0.3, 0.4) is 0 Å². The number of anilines is 1. The first-order valence-corrected chi connectivity index (χ1v) is 8.08. The molecule has 0 aliphatic carbocycles. The number of aliphatic imine (C=N–C) groups is 1. The van der Waals surface area contributed by atoms with E-state index in [4.69, 9.17) is 14.2 Å². The van der Waals surface area contributed by atoms with Crippen molar-refractivity contribution < 1.29 is 14.2 Å². The molecule has 6 nitrogen and oxygen atoms in total. The van der Waals surface area contributed by atoms with Crippen LogP contribution in [0.4, 0.5) is 5.69 Å². The van der Waals surface area contributed by atoms with Gasteiger partial charge in [-0.1, -0.05) is 30.3 Å². The predicted octanol–water partition coefficient (Wildman–Crippen LogP) is 2.91. The average Bonchev–Trinajstić information content (AvgIpc) is 2.67. The Balaban J connectivity index is 1.77. The third-order valence-corrected chi connectivity index (χ3v) is 3.52. The van der Waals surface area contributed by atoms with Crippen molar-refractivity contribution in [2.75, 3.05) is 39.7 Å². The number of hydrogen-bond donors (Lipinski definition) is 2. The van der Waals surface area contributed by atoms with Gasteiger partial charge in [-0.2, -0.15) is 0 Å². The van der Waals surface area contributed by atoms with Crippen LogP contribution in [-0.2, 0) is 11.3 Å². The van der Waals surface area contributed by atoms with Gasteiger partial charge in [0.05, 0.1) is 27.4 Å². The van der Waals surface area contributed by atoms with Crippen LogP contribution in [0.5, 0.6) is 11.5 Å². The van der Waals surface area contributed by atoms with Crippen molar-refractivity contribution in [1.29, 1.82) is 0 Å². The van der Waals surface area contributed by atoms with E-state index in [1.54, 1.807) is 21.3 Å². The lowest BCUT2D eigenvalue weighted by Crippen LogP contribution is -2.33. The monoisotopic (exact) mass is 343 g/mol. The number of nitrogens with one attached hydrogen (secondary N) is 2. The number of methoxy groups -OCH3 is 2. The van der Waals surface area contributed by atoms with E-state index in [0.29, 0.717) is 37.2 Å². The summed E-state index contributed by atoms with van der Waals surface area (Å²) in [6.07, 6.45) is 0. The minimum Gasteiger partial charge on any atom is -0.493 e. The van der Waals surface area contributed by atoms with Crippen molar-refractivity contribution in [3.63, 3.8) is 0 Å². The van der Waals surface area contributed by atoms with Crippen molar-refractivity contribution in [2.24, 2.45) is 4.99 Å². The highest BCUT2D eigenvalue weighted by Gasteiger charge is 2.06. The Kier molecular flexibility index (Phi) is 7.59. The van der Waals surface area contributed by atoms with Gasteiger partial charge in [-0.15, -0.1) is 0 Å². The minimum atomic E-state index is 0.585. The molecule has 0 saturated heterocycles. The predicted molar refractivity (Wildman–Crippen MR) is 101 cm³/mol. The first-order chi connectivity index (χ1) is 12.3. The molecule has 2 N–H and O–H groups in total. The van der Waals surface area contributed by atoms with Gasteiger partial charge in [0.25, 0.3) is 0 Å². The third-order valence-electron chi connectivity index (χ3n) is 3.52. The highest BCUT2D eigenvalue weighted by molar-refractivity contribution is 5.93. The maximum absolute atomic E-state index is 5.65. The van der Waals surface area contributed by atoms with Gasteiger partial charge < -0.3 is 24.8 Å². The molecule has 0 saturated carbocycles. The Morgan fingerprint density at radius 2 is 1.76 bits per heavy atom. The highest BCUT2D eigenvalue weighted by atomic mass is 16.5. The van der Waals surface area contributed by atoms with E-state index in [1.807, 2.05) is 48.5 Å². The Morgan fingerprint density at radius 3 is 2.44 bits per heavy atom. The summed E-state index contributed by atoms with van der Waals surface area (Å²) in [5.41, 5.74) is 2.02. The van der Waals surface area contributed by atoms with Gasteiger partial charge >= 0.3 is 0 Å². The van der Waals surface area contributed by atoms with Gasteiger partial charge in [0, 0.05) is 25.3 Å². The first-order valence-electron chi connectivity index (χ1n) is 8.08. The van der Waals surface area contributed by atoms with E-state index in [9.17, 15) is 0 Å². The Bertz CT molecular complexity index is 675. The second-order valence-corrected chi connectivity index (χ2v) is 5.23. The normalized spacial score (nSPS) is 11.1. The molecule has 2 aromatic rings. The lowest BCUT2D eigenvalue weighted by atomic mass is 10.2. The number of ether oxygens (including phenoxy) is 3. The fraction of sp³-hybridized carbons (Fsp3) is 0.316. The van der Waals surface area contributed by atoms with Crippen LogP contribution in [0.1, 0.15) is 5.56 Å². The summed E-state index contributed by atoms with van der Waals surface area (Å²) < 4.78 is 16.2. The third kappa shape index (κ3) is 6.00. The van der Waals surface area contributed by atoms with Gasteiger partial charge in [0.15, 0.2) is 17.5 Å². The minimum absolute atomic E-state index is 0.585. The first kappa shape index (κ1) is 18.6. The van der Waals surface area contributed by atoms with E-state index in [-0.39, 0.29) is 0 Å². The number of nitrogens with zero attached hydrogens (tertiary/aromatic N) is 1. The van der Waals surface area contributed by atoms with Crippen molar-refractivity contribution in [3.05, 3.63) is 54.1 Å². The summed E-state index contributed by atoms with van der Waals surface area (Å²) in [5.74, 6) is 2.01. The van der Waals surface area contributed by atoms with Crippen molar-refractivity contribution in [2.45, 2.75) is 6.61 Å². The molecule has 6 heteroatoms. The Morgan fingerprint density at radius 1 is 1.00 bits per heavy atom. The van der Waals surface area contributed by atoms with Crippen LogP contribution < -0.4 is 20.1 Å². The molecule has 2 aromatic carbocycles. The van der Waals surface area contributed by atoms with Crippen molar-refractivity contribution in [3.8, 4) is 11.5 Å². The summed E-state index contributed by atoms with van der Waals surface area (Å²) >= 11 is 0. The Labute approximate surface area is 148 Å². The molecular formula is C19H25N3O3. The maximum atomic E-state index is 5.65. The smallest absolute Gasteiger partial charge is 0.195 e. The summed E-state index contributed by atoms with van der Waals surface area (Å²) in [6.45, 7) is 1.84. The average molecular weight is 343 g/mol. The second-order valence-electron chi connectivity index (χ2n) is 5.23. The zero-order valence-electron chi connectivity index (χ0n) is 14.9. The molecule has 0 unspecified atom stereocenters. The number of rotatable bonds is 8. The standard InChI is InChI=1S/C19H25N3O3/c1-20-19(21-11-12-25-14-15-7-5-4-6-8-15)22-16-9-10-17(23-2)18(13-16)24-3/h4-10,13H,11-12,14H2,1-3H3,(H2,20,21,22).